The Morgan fingerprint density at radius 2 is 2.09 bits per heavy atom. The second-order valence-corrected chi connectivity index (χ2v) is 6.30. The molecule has 0 spiro atoms. The van der Waals surface area contributed by atoms with Crippen molar-refractivity contribution in [3.05, 3.63) is 35.5 Å². The number of carboxylic acids is 1. The van der Waals surface area contributed by atoms with Gasteiger partial charge in [0.1, 0.15) is 6.04 Å². The van der Waals surface area contributed by atoms with E-state index < -0.39 is 12.0 Å². The van der Waals surface area contributed by atoms with Crippen LogP contribution in [0.2, 0.25) is 0 Å². The highest BCUT2D eigenvalue weighted by molar-refractivity contribution is 5.91. The van der Waals surface area contributed by atoms with E-state index in [1.54, 1.807) is 0 Å². The molecule has 6 nitrogen and oxygen atoms in total. The third-order valence-corrected chi connectivity index (χ3v) is 4.93. The molecule has 1 aromatic heterocycles. The first-order valence-electron chi connectivity index (χ1n) is 8.00. The van der Waals surface area contributed by atoms with Gasteiger partial charge in [-0.05, 0) is 31.0 Å². The first kappa shape index (κ1) is 14.3. The van der Waals surface area contributed by atoms with Crippen LogP contribution in [-0.2, 0) is 22.6 Å². The summed E-state index contributed by atoms with van der Waals surface area (Å²) in [5.41, 5.74) is 2.97. The van der Waals surface area contributed by atoms with Gasteiger partial charge in [-0.2, -0.15) is 0 Å². The molecule has 1 amide bonds. The molecule has 2 aliphatic rings. The van der Waals surface area contributed by atoms with E-state index in [9.17, 15) is 14.7 Å². The molecule has 23 heavy (non-hydrogen) atoms. The Morgan fingerprint density at radius 1 is 1.26 bits per heavy atom. The van der Waals surface area contributed by atoms with Crippen LogP contribution < -0.4 is 5.32 Å². The molecule has 0 saturated carbocycles. The molecule has 1 saturated heterocycles. The quantitative estimate of drug-likeness (QED) is 0.779. The third kappa shape index (κ3) is 2.30. The molecule has 1 fully saturated rings. The number of aromatic amines is 1. The Balaban J connectivity index is 1.72. The topological polar surface area (TPSA) is 85.4 Å². The number of carbonyl (C=O) groups excluding carboxylic acids is 1. The van der Waals surface area contributed by atoms with Crippen LogP contribution in [0.5, 0.6) is 0 Å². The zero-order chi connectivity index (χ0) is 16.0. The van der Waals surface area contributed by atoms with E-state index in [-0.39, 0.29) is 11.9 Å². The highest BCUT2D eigenvalue weighted by Gasteiger charge is 2.39. The monoisotopic (exact) mass is 313 g/mol. The zero-order valence-corrected chi connectivity index (χ0v) is 12.7. The lowest BCUT2D eigenvalue weighted by Gasteiger charge is -2.34. The lowest BCUT2D eigenvalue weighted by atomic mass is 9.95. The maximum atomic E-state index is 12.7. The van der Waals surface area contributed by atoms with Crippen molar-refractivity contribution in [1.29, 1.82) is 0 Å². The molecule has 2 aliphatic heterocycles. The van der Waals surface area contributed by atoms with Gasteiger partial charge in [-0.25, -0.2) is 4.79 Å². The number of hydrogen-bond acceptors (Lipinski definition) is 3. The average molecular weight is 313 g/mol. The Hall–Kier alpha value is -2.34. The highest BCUT2D eigenvalue weighted by atomic mass is 16.4. The minimum Gasteiger partial charge on any atom is -0.480 e. The van der Waals surface area contributed by atoms with Gasteiger partial charge in [0.2, 0.25) is 5.91 Å². The normalized spacial score (nSPS) is 23.9. The summed E-state index contributed by atoms with van der Waals surface area (Å²) >= 11 is 0. The number of aliphatic carboxylic acids is 1. The van der Waals surface area contributed by atoms with Gasteiger partial charge >= 0.3 is 5.97 Å². The van der Waals surface area contributed by atoms with Crippen molar-refractivity contribution in [2.45, 2.75) is 37.9 Å². The van der Waals surface area contributed by atoms with E-state index in [1.165, 1.54) is 4.90 Å². The standard InChI is InChI=1S/C17H19N3O3/c21-16(13-6-3-7-18-13)20-9-14-11(8-15(20)17(22)23)10-4-1-2-5-12(10)19-14/h1-2,4-5,13,15,18-19H,3,6-9H2,(H,22,23)/t13-,15-/m0/s1. The van der Waals surface area contributed by atoms with Crippen LogP contribution in [0.25, 0.3) is 10.9 Å². The summed E-state index contributed by atoms with van der Waals surface area (Å²) in [4.78, 5) is 29.3. The van der Waals surface area contributed by atoms with Gasteiger partial charge in [0, 0.05) is 23.0 Å². The minimum absolute atomic E-state index is 0.0980. The van der Waals surface area contributed by atoms with Crippen molar-refractivity contribution in [1.82, 2.24) is 15.2 Å². The van der Waals surface area contributed by atoms with E-state index in [4.69, 9.17) is 0 Å². The van der Waals surface area contributed by atoms with Crippen molar-refractivity contribution >= 4 is 22.8 Å². The summed E-state index contributed by atoms with van der Waals surface area (Å²) in [6.07, 6.45) is 2.09. The number of benzene rings is 1. The summed E-state index contributed by atoms with van der Waals surface area (Å²) in [6.45, 7) is 1.15. The number of aromatic nitrogens is 1. The van der Waals surface area contributed by atoms with Crippen molar-refractivity contribution in [2.24, 2.45) is 0 Å². The molecule has 0 radical (unpaired) electrons. The number of rotatable bonds is 2. The van der Waals surface area contributed by atoms with Crippen LogP contribution in [0, 0.1) is 0 Å². The van der Waals surface area contributed by atoms with Crippen LogP contribution in [0.15, 0.2) is 24.3 Å². The van der Waals surface area contributed by atoms with Crippen LogP contribution in [-0.4, -0.2) is 45.5 Å². The maximum Gasteiger partial charge on any atom is 0.326 e. The van der Waals surface area contributed by atoms with Crippen LogP contribution in [0.1, 0.15) is 24.1 Å². The Bertz CT molecular complexity index is 776. The van der Waals surface area contributed by atoms with Crippen molar-refractivity contribution in [3.8, 4) is 0 Å². The highest BCUT2D eigenvalue weighted by Crippen LogP contribution is 2.31. The summed E-state index contributed by atoms with van der Waals surface area (Å²) in [7, 11) is 0. The predicted molar refractivity (Wildman–Crippen MR) is 85.0 cm³/mol. The number of carbonyl (C=O) groups is 2. The Kier molecular flexibility index (Phi) is 3.34. The molecule has 4 rings (SSSR count). The molecule has 3 heterocycles. The second kappa shape index (κ2) is 5.38. The van der Waals surface area contributed by atoms with E-state index in [1.807, 2.05) is 24.3 Å². The van der Waals surface area contributed by atoms with E-state index >= 15 is 0 Å². The SMILES string of the molecule is O=C(O)[C@@H]1Cc2c([nH]c3ccccc23)CN1C(=O)[C@@H]1CCCN1. The van der Waals surface area contributed by atoms with E-state index in [0.29, 0.717) is 13.0 Å². The molecule has 2 atom stereocenters. The van der Waals surface area contributed by atoms with Gasteiger partial charge < -0.3 is 20.3 Å². The van der Waals surface area contributed by atoms with E-state index in [2.05, 4.69) is 10.3 Å². The fourth-order valence-corrected chi connectivity index (χ4v) is 3.76. The van der Waals surface area contributed by atoms with Gasteiger partial charge in [0.15, 0.2) is 0 Å². The van der Waals surface area contributed by atoms with Crippen molar-refractivity contribution in [2.75, 3.05) is 6.54 Å². The van der Waals surface area contributed by atoms with Gasteiger partial charge in [-0.1, -0.05) is 18.2 Å². The number of hydrogen-bond donors (Lipinski definition) is 3. The average Bonchev–Trinajstić information content (AvgIpc) is 3.20. The molecule has 0 unspecified atom stereocenters. The van der Waals surface area contributed by atoms with Crippen LogP contribution in [0.4, 0.5) is 0 Å². The molecule has 1 aromatic carbocycles. The molecule has 0 bridgehead atoms. The molecule has 120 valence electrons. The lowest BCUT2D eigenvalue weighted by Crippen LogP contribution is -2.53. The number of H-pyrrole nitrogens is 1. The summed E-state index contributed by atoms with van der Waals surface area (Å²) in [5.74, 6) is -1.04. The second-order valence-electron chi connectivity index (χ2n) is 6.30. The number of fused-ring (bicyclic) bond motifs is 3. The molecule has 6 heteroatoms. The van der Waals surface area contributed by atoms with Gasteiger partial charge in [0.05, 0.1) is 12.6 Å². The molecule has 0 aliphatic carbocycles. The Morgan fingerprint density at radius 3 is 2.83 bits per heavy atom. The first-order valence-corrected chi connectivity index (χ1v) is 8.00. The number of amides is 1. The number of carboxylic acid groups (broad SMARTS) is 1. The maximum absolute atomic E-state index is 12.7. The van der Waals surface area contributed by atoms with Gasteiger partial charge in [-0.3, -0.25) is 4.79 Å². The van der Waals surface area contributed by atoms with Gasteiger partial charge in [0.25, 0.3) is 0 Å². The fraction of sp³-hybridized carbons (Fsp3) is 0.412. The van der Waals surface area contributed by atoms with Crippen molar-refractivity contribution in [3.63, 3.8) is 0 Å². The first-order chi connectivity index (χ1) is 11.1. The van der Waals surface area contributed by atoms with Crippen LogP contribution in [0.3, 0.4) is 0 Å². The largest absolute Gasteiger partial charge is 0.480 e. The summed E-state index contributed by atoms with van der Waals surface area (Å²) in [6, 6.07) is 6.84. The fourth-order valence-electron chi connectivity index (χ4n) is 3.76. The lowest BCUT2D eigenvalue weighted by molar-refractivity contribution is -0.152. The molecular formula is C17H19N3O3. The van der Waals surface area contributed by atoms with Gasteiger partial charge in [-0.15, -0.1) is 0 Å². The predicted octanol–water partition coefficient (Wildman–Crippen LogP) is 1.26. The molecule has 2 aromatic rings. The third-order valence-electron chi connectivity index (χ3n) is 4.93. The van der Waals surface area contributed by atoms with Crippen LogP contribution >= 0.6 is 0 Å². The number of nitrogens with one attached hydrogen (secondary N) is 2. The summed E-state index contributed by atoms with van der Waals surface area (Å²) in [5, 5.41) is 13.8. The number of para-hydroxylation sites is 1. The minimum atomic E-state index is -0.938. The zero-order valence-electron chi connectivity index (χ0n) is 12.7. The smallest absolute Gasteiger partial charge is 0.326 e. The van der Waals surface area contributed by atoms with E-state index in [0.717, 1.165) is 41.5 Å². The van der Waals surface area contributed by atoms with Crippen molar-refractivity contribution < 1.29 is 14.7 Å². The summed E-state index contributed by atoms with van der Waals surface area (Å²) < 4.78 is 0. The molecule has 3 N–H and O–H groups in total. The Labute approximate surface area is 133 Å². The number of nitrogens with zero attached hydrogens (tertiary/aromatic N) is 1. The molecular weight excluding hydrogens is 294 g/mol.